The van der Waals surface area contributed by atoms with Crippen molar-refractivity contribution in [2.24, 2.45) is 0 Å². The van der Waals surface area contributed by atoms with Crippen LogP contribution in [0.5, 0.6) is 5.75 Å². The van der Waals surface area contributed by atoms with E-state index < -0.39 is 0 Å². The number of anilines is 1. The largest absolute Gasteiger partial charge is 0.494 e. The first-order valence-electron chi connectivity index (χ1n) is 9.07. The van der Waals surface area contributed by atoms with Crippen LogP contribution in [0.3, 0.4) is 0 Å². The SMILES string of the molecule is CCOc1ccccc1[C@@H]1SCC(=O)Nc2c1c(C)nn2-c1ccc(F)cc1. The predicted octanol–water partition coefficient (Wildman–Crippen LogP) is 4.49. The van der Waals surface area contributed by atoms with Crippen molar-refractivity contribution in [1.29, 1.82) is 0 Å². The highest BCUT2D eigenvalue weighted by molar-refractivity contribution is 8.00. The fourth-order valence-corrected chi connectivity index (χ4v) is 4.60. The average Bonchev–Trinajstić information content (AvgIpc) is 2.89. The van der Waals surface area contributed by atoms with Crippen LogP contribution in [-0.4, -0.2) is 28.0 Å². The molecule has 3 aromatic rings. The molecule has 0 saturated heterocycles. The highest BCUT2D eigenvalue weighted by Gasteiger charge is 2.32. The molecule has 0 spiro atoms. The minimum atomic E-state index is -0.318. The van der Waals surface area contributed by atoms with Gasteiger partial charge in [-0.1, -0.05) is 18.2 Å². The molecule has 0 fully saturated rings. The molecule has 1 aliphatic heterocycles. The minimum Gasteiger partial charge on any atom is -0.494 e. The number of aryl methyl sites for hydroxylation is 1. The number of rotatable bonds is 4. The molecular weight excluding hydrogens is 377 g/mol. The van der Waals surface area contributed by atoms with Crippen molar-refractivity contribution in [1.82, 2.24) is 9.78 Å². The third-order valence-corrected chi connectivity index (χ3v) is 5.83. The van der Waals surface area contributed by atoms with Crippen molar-refractivity contribution in [2.45, 2.75) is 19.1 Å². The average molecular weight is 397 g/mol. The third kappa shape index (κ3) is 3.38. The van der Waals surface area contributed by atoms with Crippen molar-refractivity contribution in [3.63, 3.8) is 0 Å². The zero-order valence-corrected chi connectivity index (χ0v) is 16.4. The number of nitrogens with zero attached hydrogens (tertiary/aromatic N) is 2. The van der Waals surface area contributed by atoms with Gasteiger partial charge in [-0.3, -0.25) is 4.79 Å². The summed E-state index contributed by atoms with van der Waals surface area (Å²) in [6.45, 7) is 4.44. The van der Waals surface area contributed by atoms with Crippen LogP contribution in [0.25, 0.3) is 5.69 Å². The van der Waals surface area contributed by atoms with Gasteiger partial charge in [0.1, 0.15) is 17.4 Å². The maximum Gasteiger partial charge on any atom is 0.235 e. The number of fused-ring (bicyclic) bond motifs is 1. The lowest BCUT2D eigenvalue weighted by atomic mass is 10.0. The number of carbonyl (C=O) groups is 1. The normalized spacial score (nSPS) is 16.2. The van der Waals surface area contributed by atoms with Crippen molar-refractivity contribution in [3.05, 3.63) is 71.2 Å². The van der Waals surface area contributed by atoms with E-state index in [1.165, 1.54) is 12.1 Å². The zero-order valence-electron chi connectivity index (χ0n) is 15.6. The number of benzene rings is 2. The number of nitrogens with one attached hydrogen (secondary N) is 1. The lowest BCUT2D eigenvalue weighted by Crippen LogP contribution is -2.15. The molecule has 1 aromatic heterocycles. The van der Waals surface area contributed by atoms with Crippen LogP contribution in [0.2, 0.25) is 0 Å². The first-order valence-corrected chi connectivity index (χ1v) is 10.1. The van der Waals surface area contributed by atoms with Crippen LogP contribution in [0.1, 0.15) is 29.0 Å². The van der Waals surface area contributed by atoms with E-state index in [1.807, 2.05) is 38.1 Å². The van der Waals surface area contributed by atoms with Crippen molar-refractivity contribution < 1.29 is 13.9 Å². The smallest absolute Gasteiger partial charge is 0.235 e. The lowest BCUT2D eigenvalue weighted by molar-refractivity contribution is -0.113. The zero-order chi connectivity index (χ0) is 19.7. The van der Waals surface area contributed by atoms with Gasteiger partial charge >= 0.3 is 0 Å². The van der Waals surface area contributed by atoms with E-state index in [0.29, 0.717) is 23.9 Å². The summed E-state index contributed by atoms with van der Waals surface area (Å²) in [6.07, 6.45) is 0. The van der Waals surface area contributed by atoms with E-state index in [9.17, 15) is 9.18 Å². The molecule has 0 bridgehead atoms. The van der Waals surface area contributed by atoms with E-state index in [4.69, 9.17) is 4.74 Å². The van der Waals surface area contributed by atoms with E-state index in [0.717, 1.165) is 22.6 Å². The highest BCUT2D eigenvalue weighted by atomic mass is 32.2. The Morgan fingerprint density at radius 1 is 1.25 bits per heavy atom. The molecule has 1 N–H and O–H groups in total. The fraction of sp³-hybridized carbons (Fsp3) is 0.238. The molecule has 0 aliphatic carbocycles. The first kappa shape index (κ1) is 18.6. The summed E-state index contributed by atoms with van der Waals surface area (Å²) in [5, 5.41) is 7.52. The molecule has 7 heteroatoms. The maximum absolute atomic E-state index is 13.4. The standard InChI is InChI=1S/C21H20FN3O2S/c1-3-27-17-7-5-4-6-16(17)20-19-13(2)24-25(15-10-8-14(22)9-11-15)21(19)23-18(26)12-28-20/h4-11,20H,3,12H2,1-2H3,(H,23,26)/t20-/m0/s1. The van der Waals surface area contributed by atoms with Gasteiger partial charge in [-0.15, -0.1) is 11.8 Å². The van der Waals surface area contributed by atoms with Gasteiger partial charge in [0.25, 0.3) is 0 Å². The molecule has 28 heavy (non-hydrogen) atoms. The van der Waals surface area contributed by atoms with Crippen LogP contribution in [0, 0.1) is 12.7 Å². The molecule has 2 aromatic carbocycles. The Kier molecular flexibility index (Phi) is 5.09. The Balaban J connectivity index is 1.88. The molecule has 144 valence electrons. The number of carbonyl (C=O) groups excluding carboxylic acids is 1. The van der Waals surface area contributed by atoms with Gasteiger partial charge in [0.2, 0.25) is 5.91 Å². The molecule has 2 heterocycles. The molecule has 5 nitrogen and oxygen atoms in total. The summed E-state index contributed by atoms with van der Waals surface area (Å²) in [6, 6.07) is 13.9. The van der Waals surface area contributed by atoms with E-state index in [2.05, 4.69) is 10.4 Å². The molecule has 1 aliphatic rings. The van der Waals surface area contributed by atoms with Crippen molar-refractivity contribution >= 4 is 23.5 Å². The van der Waals surface area contributed by atoms with E-state index >= 15 is 0 Å². The number of thioether (sulfide) groups is 1. The summed E-state index contributed by atoms with van der Waals surface area (Å²) in [7, 11) is 0. The molecular formula is C21H20FN3O2S. The van der Waals surface area contributed by atoms with Crippen LogP contribution >= 0.6 is 11.8 Å². The van der Waals surface area contributed by atoms with Gasteiger partial charge in [0.15, 0.2) is 0 Å². The number of aromatic nitrogens is 2. The number of halogens is 1. The van der Waals surface area contributed by atoms with Gasteiger partial charge in [0, 0.05) is 11.1 Å². The second kappa shape index (κ2) is 7.67. The van der Waals surface area contributed by atoms with E-state index in [1.54, 1.807) is 28.6 Å². The van der Waals surface area contributed by atoms with Crippen LogP contribution in [0.15, 0.2) is 48.5 Å². The van der Waals surface area contributed by atoms with Crippen LogP contribution in [-0.2, 0) is 4.79 Å². The van der Waals surface area contributed by atoms with Gasteiger partial charge in [-0.2, -0.15) is 5.10 Å². The molecule has 0 unspecified atom stereocenters. The van der Waals surface area contributed by atoms with Gasteiger partial charge in [-0.05, 0) is 44.2 Å². The van der Waals surface area contributed by atoms with Crippen molar-refractivity contribution in [3.8, 4) is 11.4 Å². The quantitative estimate of drug-likeness (QED) is 0.705. The van der Waals surface area contributed by atoms with Crippen molar-refractivity contribution in [2.75, 3.05) is 17.7 Å². The van der Waals surface area contributed by atoms with Crippen LogP contribution < -0.4 is 10.1 Å². The second-order valence-electron chi connectivity index (χ2n) is 6.45. The number of hydrogen-bond donors (Lipinski definition) is 1. The minimum absolute atomic E-state index is 0.0918. The first-order chi connectivity index (χ1) is 13.6. The molecule has 1 atom stereocenters. The Bertz CT molecular complexity index is 1020. The Morgan fingerprint density at radius 2 is 2.00 bits per heavy atom. The van der Waals surface area contributed by atoms with Crippen LogP contribution in [0.4, 0.5) is 10.2 Å². The number of para-hydroxylation sites is 1. The predicted molar refractivity (Wildman–Crippen MR) is 109 cm³/mol. The molecule has 1 amide bonds. The number of hydrogen-bond acceptors (Lipinski definition) is 4. The summed E-state index contributed by atoms with van der Waals surface area (Å²) in [4.78, 5) is 12.4. The summed E-state index contributed by atoms with van der Waals surface area (Å²) < 4.78 is 20.9. The molecule has 4 rings (SSSR count). The highest BCUT2D eigenvalue weighted by Crippen LogP contribution is 2.46. The Hall–Kier alpha value is -2.80. The lowest BCUT2D eigenvalue weighted by Gasteiger charge is -2.19. The number of ether oxygens (including phenoxy) is 1. The summed E-state index contributed by atoms with van der Waals surface area (Å²) >= 11 is 1.55. The van der Waals surface area contributed by atoms with Gasteiger partial charge < -0.3 is 10.1 Å². The molecule has 0 radical (unpaired) electrons. The number of amides is 1. The Morgan fingerprint density at radius 3 is 2.75 bits per heavy atom. The van der Waals surface area contributed by atoms with E-state index in [-0.39, 0.29) is 17.0 Å². The topological polar surface area (TPSA) is 56.1 Å². The maximum atomic E-state index is 13.4. The molecule has 0 saturated carbocycles. The monoisotopic (exact) mass is 397 g/mol. The van der Waals surface area contributed by atoms with Gasteiger partial charge in [0.05, 0.1) is 29.0 Å². The summed E-state index contributed by atoms with van der Waals surface area (Å²) in [5.41, 5.74) is 3.45. The summed E-state index contributed by atoms with van der Waals surface area (Å²) in [5.74, 6) is 1.34. The third-order valence-electron chi connectivity index (χ3n) is 4.58. The van der Waals surface area contributed by atoms with Gasteiger partial charge in [-0.25, -0.2) is 9.07 Å². The Labute approximate surface area is 166 Å². The second-order valence-corrected chi connectivity index (χ2v) is 7.54. The fourth-order valence-electron chi connectivity index (χ4n) is 3.38.